The number of aliphatic hydroxyl groups is 2. The highest BCUT2D eigenvalue weighted by Crippen LogP contribution is 2.14. The number of ether oxygens (including phenoxy) is 1. The van der Waals surface area contributed by atoms with Crippen LogP contribution in [0.4, 0.5) is 4.39 Å². The van der Waals surface area contributed by atoms with Gasteiger partial charge in [0.15, 0.2) is 6.10 Å². The van der Waals surface area contributed by atoms with E-state index in [1.165, 1.54) is 38.1 Å². The van der Waals surface area contributed by atoms with Crippen LogP contribution in [0, 0.1) is 5.82 Å². The van der Waals surface area contributed by atoms with Crippen LogP contribution in [-0.2, 0) is 4.79 Å². The van der Waals surface area contributed by atoms with Crippen LogP contribution in [0.3, 0.4) is 0 Å². The Morgan fingerprint density at radius 3 is 2.63 bits per heavy atom. The van der Waals surface area contributed by atoms with Gasteiger partial charge >= 0.3 is 0 Å². The Bertz CT molecular complexity index is 434. The zero-order valence-corrected chi connectivity index (χ0v) is 10.9. The lowest BCUT2D eigenvalue weighted by Gasteiger charge is -2.27. The van der Waals surface area contributed by atoms with Gasteiger partial charge in [0.25, 0.3) is 5.91 Å². The van der Waals surface area contributed by atoms with E-state index in [9.17, 15) is 9.18 Å². The molecular weight excluding hydrogens is 253 g/mol. The minimum absolute atomic E-state index is 0.234. The van der Waals surface area contributed by atoms with Crippen molar-refractivity contribution in [3.05, 3.63) is 30.1 Å². The molecule has 1 aromatic rings. The van der Waals surface area contributed by atoms with Gasteiger partial charge in [0.2, 0.25) is 0 Å². The summed E-state index contributed by atoms with van der Waals surface area (Å²) in [4.78, 5) is 11.8. The molecule has 0 heterocycles. The van der Waals surface area contributed by atoms with Crippen molar-refractivity contribution in [1.82, 2.24) is 5.32 Å². The van der Waals surface area contributed by atoms with Crippen molar-refractivity contribution in [2.45, 2.75) is 25.5 Å². The molecule has 106 valence electrons. The molecule has 1 rings (SSSR count). The Labute approximate surface area is 111 Å². The SMILES string of the molecule is CC(Oc1cccc(F)c1)C(=O)NC(C)(CO)CO. The fourth-order valence-electron chi connectivity index (χ4n) is 1.33. The van der Waals surface area contributed by atoms with Crippen LogP contribution in [0.25, 0.3) is 0 Å². The number of aliphatic hydroxyl groups excluding tert-OH is 2. The molecule has 0 spiro atoms. The maximum absolute atomic E-state index is 13.0. The van der Waals surface area contributed by atoms with Crippen LogP contribution in [0.1, 0.15) is 13.8 Å². The van der Waals surface area contributed by atoms with Crippen molar-refractivity contribution in [3.63, 3.8) is 0 Å². The first-order valence-electron chi connectivity index (χ1n) is 5.86. The number of carbonyl (C=O) groups is 1. The lowest BCUT2D eigenvalue weighted by atomic mass is 10.1. The molecule has 1 aromatic carbocycles. The molecule has 0 aliphatic heterocycles. The molecule has 3 N–H and O–H groups in total. The largest absolute Gasteiger partial charge is 0.481 e. The summed E-state index contributed by atoms with van der Waals surface area (Å²) in [6.45, 7) is 2.19. The smallest absolute Gasteiger partial charge is 0.261 e. The Morgan fingerprint density at radius 1 is 1.47 bits per heavy atom. The maximum atomic E-state index is 13.0. The second kappa shape index (κ2) is 6.49. The molecule has 5 nitrogen and oxygen atoms in total. The Balaban J connectivity index is 2.63. The molecule has 19 heavy (non-hydrogen) atoms. The van der Waals surface area contributed by atoms with Crippen LogP contribution in [0.2, 0.25) is 0 Å². The average Bonchev–Trinajstić information content (AvgIpc) is 2.38. The van der Waals surface area contributed by atoms with Gasteiger partial charge in [0.1, 0.15) is 11.6 Å². The molecule has 0 saturated carbocycles. The van der Waals surface area contributed by atoms with Crippen LogP contribution in [0.5, 0.6) is 5.75 Å². The lowest BCUT2D eigenvalue weighted by Crippen LogP contribution is -2.55. The molecule has 1 amide bonds. The van der Waals surface area contributed by atoms with Gasteiger partial charge in [-0.05, 0) is 26.0 Å². The number of hydrogen-bond donors (Lipinski definition) is 3. The van der Waals surface area contributed by atoms with E-state index < -0.39 is 36.6 Å². The zero-order valence-electron chi connectivity index (χ0n) is 10.9. The molecule has 0 bridgehead atoms. The van der Waals surface area contributed by atoms with Crippen LogP contribution >= 0.6 is 0 Å². The standard InChI is InChI=1S/C13H18FNO4/c1-9(12(18)15-13(2,7-16)8-17)19-11-5-3-4-10(14)6-11/h3-6,9,16-17H,7-8H2,1-2H3,(H,15,18). The summed E-state index contributed by atoms with van der Waals surface area (Å²) in [5.74, 6) is -0.729. The Hall–Kier alpha value is -1.66. The van der Waals surface area contributed by atoms with Gasteiger partial charge in [0, 0.05) is 6.07 Å². The minimum Gasteiger partial charge on any atom is -0.481 e. The van der Waals surface area contributed by atoms with Gasteiger partial charge in [-0.15, -0.1) is 0 Å². The topological polar surface area (TPSA) is 78.8 Å². The van der Waals surface area contributed by atoms with Gasteiger partial charge in [0.05, 0.1) is 18.8 Å². The number of rotatable bonds is 6. The first-order valence-corrected chi connectivity index (χ1v) is 5.86. The molecule has 0 aromatic heterocycles. The predicted molar refractivity (Wildman–Crippen MR) is 67.2 cm³/mol. The summed E-state index contributed by atoms with van der Waals surface area (Å²) in [5, 5.41) is 20.6. The third kappa shape index (κ3) is 4.50. The highest BCUT2D eigenvalue weighted by Gasteiger charge is 2.27. The van der Waals surface area contributed by atoms with E-state index >= 15 is 0 Å². The molecular formula is C13H18FNO4. The van der Waals surface area contributed by atoms with Gasteiger partial charge in [-0.25, -0.2) is 4.39 Å². The Kier molecular flexibility index (Phi) is 5.26. The fourth-order valence-corrected chi connectivity index (χ4v) is 1.33. The number of amides is 1. The van der Waals surface area contributed by atoms with Gasteiger partial charge in [-0.2, -0.15) is 0 Å². The summed E-state index contributed by atoms with van der Waals surface area (Å²) in [5.41, 5.74) is -1.11. The highest BCUT2D eigenvalue weighted by atomic mass is 19.1. The van der Waals surface area contributed by atoms with E-state index in [0.717, 1.165) is 0 Å². The second-order valence-electron chi connectivity index (χ2n) is 4.58. The minimum atomic E-state index is -1.11. The normalized spacial score (nSPS) is 12.9. The van der Waals surface area contributed by atoms with Gasteiger partial charge in [-0.1, -0.05) is 6.07 Å². The van der Waals surface area contributed by atoms with Crippen molar-refractivity contribution in [3.8, 4) is 5.75 Å². The van der Waals surface area contributed by atoms with Crippen LogP contribution in [0.15, 0.2) is 24.3 Å². The molecule has 1 unspecified atom stereocenters. The first kappa shape index (κ1) is 15.4. The zero-order chi connectivity index (χ0) is 14.5. The molecule has 1 atom stereocenters. The van der Waals surface area contributed by atoms with Crippen molar-refractivity contribution >= 4 is 5.91 Å². The number of hydrogen-bond acceptors (Lipinski definition) is 4. The molecule has 6 heteroatoms. The van der Waals surface area contributed by atoms with Crippen molar-refractivity contribution in [2.75, 3.05) is 13.2 Å². The molecule has 0 saturated heterocycles. The Morgan fingerprint density at radius 2 is 2.11 bits per heavy atom. The first-order chi connectivity index (χ1) is 8.90. The van der Waals surface area contributed by atoms with E-state index in [0.29, 0.717) is 0 Å². The lowest BCUT2D eigenvalue weighted by molar-refractivity contribution is -0.130. The summed E-state index contributed by atoms with van der Waals surface area (Å²) in [6, 6.07) is 5.44. The number of benzene rings is 1. The quantitative estimate of drug-likeness (QED) is 0.702. The van der Waals surface area contributed by atoms with E-state index in [-0.39, 0.29) is 5.75 Å². The van der Waals surface area contributed by atoms with Gasteiger partial charge in [-0.3, -0.25) is 4.79 Å². The van der Waals surface area contributed by atoms with Crippen molar-refractivity contribution in [2.24, 2.45) is 0 Å². The highest BCUT2D eigenvalue weighted by molar-refractivity contribution is 5.81. The summed E-state index contributed by atoms with van der Waals surface area (Å²) in [7, 11) is 0. The van der Waals surface area contributed by atoms with Crippen molar-refractivity contribution in [1.29, 1.82) is 0 Å². The summed E-state index contributed by atoms with van der Waals surface area (Å²) >= 11 is 0. The predicted octanol–water partition coefficient (Wildman–Crippen LogP) is 0.452. The summed E-state index contributed by atoms with van der Waals surface area (Å²) < 4.78 is 18.2. The number of nitrogens with one attached hydrogen (secondary N) is 1. The average molecular weight is 271 g/mol. The van der Waals surface area contributed by atoms with Crippen LogP contribution < -0.4 is 10.1 Å². The molecule has 0 aliphatic rings. The molecule has 0 fully saturated rings. The van der Waals surface area contributed by atoms with Gasteiger partial charge < -0.3 is 20.3 Å². The molecule has 0 aliphatic carbocycles. The van der Waals surface area contributed by atoms with E-state index in [1.807, 2.05) is 0 Å². The number of carbonyl (C=O) groups excluding carboxylic acids is 1. The van der Waals surface area contributed by atoms with E-state index in [4.69, 9.17) is 14.9 Å². The van der Waals surface area contributed by atoms with E-state index in [2.05, 4.69) is 5.32 Å². The fraction of sp³-hybridized carbons (Fsp3) is 0.462. The van der Waals surface area contributed by atoms with Crippen molar-refractivity contribution < 1.29 is 24.1 Å². The van der Waals surface area contributed by atoms with Crippen LogP contribution in [-0.4, -0.2) is 41.0 Å². The third-order valence-corrected chi connectivity index (χ3v) is 2.60. The second-order valence-corrected chi connectivity index (χ2v) is 4.58. The molecule has 0 radical (unpaired) electrons. The third-order valence-electron chi connectivity index (χ3n) is 2.60. The number of halogens is 1. The maximum Gasteiger partial charge on any atom is 0.261 e. The summed E-state index contributed by atoms with van der Waals surface area (Å²) in [6.07, 6.45) is -0.876. The monoisotopic (exact) mass is 271 g/mol. The van der Waals surface area contributed by atoms with E-state index in [1.54, 1.807) is 0 Å².